The molecule has 1 nitrogen and oxygen atoms in total. The number of hydrogen-bond donors (Lipinski definition) is 1. The van der Waals surface area contributed by atoms with Gasteiger partial charge in [-0.2, -0.15) is 0 Å². The molecule has 0 bridgehead atoms. The molecule has 0 radical (unpaired) electrons. The second-order valence-electron chi connectivity index (χ2n) is 5.41. The van der Waals surface area contributed by atoms with Crippen LogP contribution in [-0.4, -0.2) is 12.1 Å². The summed E-state index contributed by atoms with van der Waals surface area (Å²) in [5, 5.41) is 3.89. The van der Waals surface area contributed by atoms with Gasteiger partial charge < -0.3 is 5.32 Å². The molecule has 0 aromatic rings. The molecule has 1 aliphatic heterocycles. The summed E-state index contributed by atoms with van der Waals surface area (Å²) >= 11 is 0. The van der Waals surface area contributed by atoms with E-state index in [1.165, 1.54) is 44.9 Å². The van der Waals surface area contributed by atoms with Crippen molar-refractivity contribution in [3.05, 3.63) is 0 Å². The van der Waals surface area contributed by atoms with Crippen LogP contribution in [0.2, 0.25) is 0 Å². The fourth-order valence-electron chi connectivity index (χ4n) is 3.53. The summed E-state index contributed by atoms with van der Waals surface area (Å²) in [5.41, 5.74) is 0. The maximum atomic E-state index is 3.89. The van der Waals surface area contributed by atoms with E-state index in [0.717, 1.165) is 23.9 Å². The second-order valence-corrected chi connectivity index (χ2v) is 5.41. The molecule has 2 rings (SSSR count). The molecule has 0 amide bonds. The van der Waals surface area contributed by atoms with Crippen molar-refractivity contribution in [1.82, 2.24) is 5.32 Å². The maximum absolute atomic E-state index is 3.89. The zero-order valence-corrected chi connectivity index (χ0v) is 9.76. The molecule has 0 unspecified atom stereocenters. The molecular formula is C13H25N. The highest BCUT2D eigenvalue weighted by Crippen LogP contribution is 2.36. The molecule has 1 heterocycles. The first-order valence-electron chi connectivity index (χ1n) is 6.57. The Labute approximate surface area is 88.7 Å². The van der Waals surface area contributed by atoms with Crippen LogP contribution in [0.25, 0.3) is 0 Å². The van der Waals surface area contributed by atoms with Crippen molar-refractivity contribution in [2.45, 2.75) is 70.9 Å². The van der Waals surface area contributed by atoms with Gasteiger partial charge in [-0.25, -0.2) is 0 Å². The van der Waals surface area contributed by atoms with E-state index in [-0.39, 0.29) is 0 Å². The first-order valence-corrected chi connectivity index (χ1v) is 6.57. The van der Waals surface area contributed by atoms with E-state index in [1.54, 1.807) is 0 Å². The summed E-state index contributed by atoms with van der Waals surface area (Å²) in [5.74, 6) is 1.97. The van der Waals surface area contributed by atoms with Crippen molar-refractivity contribution < 1.29 is 0 Å². The Balaban J connectivity index is 1.89. The monoisotopic (exact) mass is 195 g/mol. The highest BCUT2D eigenvalue weighted by molar-refractivity contribution is 4.91. The number of piperidine rings is 1. The third kappa shape index (κ3) is 2.13. The smallest absolute Gasteiger partial charge is 0.0100 e. The third-order valence-electron chi connectivity index (χ3n) is 4.36. The van der Waals surface area contributed by atoms with E-state index >= 15 is 0 Å². The standard InChI is InChI=1S/C13H25N/c1-3-5-11-8-9-12-10(2)6-4-7-13(12)14-11/h10-14H,3-9H2,1-2H3/t10-,11+,12+,13-/m0/s1. The largest absolute Gasteiger partial charge is 0.311 e. The van der Waals surface area contributed by atoms with Gasteiger partial charge >= 0.3 is 0 Å². The van der Waals surface area contributed by atoms with Gasteiger partial charge in [0.1, 0.15) is 0 Å². The highest BCUT2D eigenvalue weighted by Gasteiger charge is 2.34. The molecular weight excluding hydrogens is 170 g/mol. The van der Waals surface area contributed by atoms with Gasteiger partial charge in [-0.05, 0) is 37.5 Å². The maximum Gasteiger partial charge on any atom is 0.0100 e. The van der Waals surface area contributed by atoms with Gasteiger partial charge in [0.15, 0.2) is 0 Å². The third-order valence-corrected chi connectivity index (χ3v) is 4.36. The number of nitrogens with one attached hydrogen (secondary N) is 1. The predicted octanol–water partition coefficient (Wildman–Crippen LogP) is 3.34. The van der Waals surface area contributed by atoms with E-state index in [9.17, 15) is 0 Å². The van der Waals surface area contributed by atoms with Gasteiger partial charge in [0.25, 0.3) is 0 Å². The zero-order chi connectivity index (χ0) is 9.97. The molecule has 1 N–H and O–H groups in total. The van der Waals surface area contributed by atoms with Crippen LogP contribution in [0.3, 0.4) is 0 Å². The Bertz CT molecular complexity index is 178. The molecule has 0 spiro atoms. The first-order chi connectivity index (χ1) is 6.81. The van der Waals surface area contributed by atoms with Gasteiger partial charge in [-0.3, -0.25) is 0 Å². The van der Waals surface area contributed by atoms with Gasteiger partial charge in [-0.1, -0.05) is 33.1 Å². The van der Waals surface area contributed by atoms with E-state index < -0.39 is 0 Å². The number of fused-ring (bicyclic) bond motifs is 1. The molecule has 2 fully saturated rings. The molecule has 1 aliphatic carbocycles. The van der Waals surface area contributed by atoms with Gasteiger partial charge in [0, 0.05) is 12.1 Å². The highest BCUT2D eigenvalue weighted by atomic mass is 15.0. The van der Waals surface area contributed by atoms with E-state index in [4.69, 9.17) is 0 Å². The summed E-state index contributed by atoms with van der Waals surface area (Å²) in [6.07, 6.45) is 10.0. The van der Waals surface area contributed by atoms with Crippen LogP contribution >= 0.6 is 0 Å². The molecule has 0 aromatic carbocycles. The predicted molar refractivity (Wildman–Crippen MR) is 61.4 cm³/mol. The Morgan fingerprint density at radius 2 is 2.00 bits per heavy atom. The lowest BCUT2D eigenvalue weighted by Crippen LogP contribution is -2.50. The minimum Gasteiger partial charge on any atom is -0.311 e. The molecule has 1 heteroatoms. The van der Waals surface area contributed by atoms with Crippen molar-refractivity contribution in [2.24, 2.45) is 11.8 Å². The van der Waals surface area contributed by atoms with Gasteiger partial charge in [0.2, 0.25) is 0 Å². The van der Waals surface area contributed by atoms with Crippen molar-refractivity contribution in [3.63, 3.8) is 0 Å². The average molecular weight is 195 g/mol. The summed E-state index contributed by atoms with van der Waals surface area (Å²) in [4.78, 5) is 0. The molecule has 1 saturated heterocycles. The normalized spacial score (nSPS) is 43.3. The summed E-state index contributed by atoms with van der Waals surface area (Å²) < 4.78 is 0. The lowest BCUT2D eigenvalue weighted by molar-refractivity contribution is 0.122. The lowest BCUT2D eigenvalue weighted by atomic mass is 9.71. The minimum absolute atomic E-state index is 0.839. The lowest BCUT2D eigenvalue weighted by Gasteiger charge is -2.44. The fourth-order valence-corrected chi connectivity index (χ4v) is 3.53. The fraction of sp³-hybridized carbons (Fsp3) is 1.00. The van der Waals surface area contributed by atoms with Gasteiger partial charge in [-0.15, -0.1) is 0 Å². The van der Waals surface area contributed by atoms with Crippen LogP contribution in [0.4, 0.5) is 0 Å². The molecule has 0 aromatic heterocycles. The Kier molecular flexibility index (Phi) is 3.48. The molecule has 4 atom stereocenters. The average Bonchev–Trinajstić information content (AvgIpc) is 2.18. The Hall–Kier alpha value is -0.0400. The van der Waals surface area contributed by atoms with Crippen LogP contribution < -0.4 is 5.32 Å². The first kappa shape index (κ1) is 10.5. The van der Waals surface area contributed by atoms with E-state index in [1.807, 2.05) is 0 Å². The summed E-state index contributed by atoms with van der Waals surface area (Å²) in [6.45, 7) is 4.76. The van der Waals surface area contributed by atoms with Gasteiger partial charge in [0.05, 0.1) is 0 Å². The topological polar surface area (TPSA) is 12.0 Å². The van der Waals surface area contributed by atoms with E-state index in [2.05, 4.69) is 19.2 Å². The summed E-state index contributed by atoms with van der Waals surface area (Å²) in [6, 6.07) is 1.70. The zero-order valence-electron chi connectivity index (χ0n) is 9.76. The van der Waals surface area contributed by atoms with Crippen molar-refractivity contribution in [1.29, 1.82) is 0 Å². The van der Waals surface area contributed by atoms with Crippen LogP contribution in [0.5, 0.6) is 0 Å². The molecule has 1 saturated carbocycles. The van der Waals surface area contributed by atoms with Crippen LogP contribution in [0.15, 0.2) is 0 Å². The van der Waals surface area contributed by atoms with Crippen molar-refractivity contribution >= 4 is 0 Å². The Morgan fingerprint density at radius 3 is 2.79 bits per heavy atom. The van der Waals surface area contributed by atoms with Crippen molar-refractivity contribution in [2.75, 3.05) is 0 Å². The van der Waals surface area contributed by atoms with E-state index in [0.29, 0.717) is 0 Å². The Morgan fingerprint density at radius 1 is 1.14 bits per heavy atom. The molecule has 2 aliphatic rings. The minimum atomic E-state index is 0.839. The second kappa shape index (κ2) is 4.65. The SMILES string of the molecule is CCC[C@@H]1CC[C@H]2[C@H](CCC[C@@H]2C)N1. The van der Waals surface area contributed by atoms with Crippen LogP contribution in [0, 0.1) is 11.8 Å². The molecule has 82 valence electrons. The number of rotatable bonds is 2. The number of hydrogen-bond acceptors (Lipinski definition) is 1. The van der Waals surface area contributed by atoms with Crippen molar-refractivity contribution in [3.8, 4) is 0 Å². The van der Waals surface area contributed by atoms with Crippen LogP contribution in [0.1, 0.15) is 58.8 Å². The molecule has 14 heavy (non-hydrogen) atoms. The van der Waals surface area contributed by atoms with Crippen LogP contribution in [-0.2, 0) is 0 Å². The quantitative estimate of drug-likeness (QED) is 0.712. The summed E-state index contributed by atoms with van der Waals surface area (Å²) in [7, 11) is 0.